The number of unbranched alkanes of at least 4 members (excludes halogenated alkanes) is 8. The third-order valence-corrected chi connectivity index (χ3v) is 30.4. The van der Waals surface area contributed by atoms with Crippen LogP contribution >= 0.6 is 0 Å². The summed E-state index contributed by atoms with van der Waals surface area (Å²) in [7, 11) is 0. The molecule has 0 saturated heterocycles. The summed E-state index contributed by atoms with van der Waals surface area (Å²) in [5.41, 5.74) is 12.3. The maximum Gasteiger partial charge on any atom is 0.130 e. The number of anilines is 6. The Morgan fingerprint density at radius 1 is 0.225 bits per heavy atom. The van der Waals surface area contributed by atoms with Crippen molar-refractivity contribution in [2.45, 2.75) is 340 Å². The van der Waals surface area contributed by atoms with Crippen molar-refractivity contribution in [1.82, 2.24) is 0 Å². The molecule has 1 aliphatic rings. The number of benzene rings is 10. The fraction of sp³-hybridized carbons (Fsp3) is 0.531. The Morgan fingerprint density at radius 3 is 0.535 bits per heavy atom. The molecule has 10 aromatic rings. The zero-order valence-corrected chi connectivity index (χ0v) is 89.7. The van der Waals surface area contributed by atoms with Gasteiger partial charge in [-0.15, -0.1) is 12.2 Å². The van der Waals surface area contributed by atoms with Gasteiger partial charge in [-0.05, 0) is 253 Å². The van der Waals surface area contributed by atoms with Crippen molar-refractivity contribution in [3.8, 4) is 102 Å². The van der Waals surface area contributed by atoms with Crippen LogP contribution in [-0.2, 0) is 0 Å². The average molecular weight is 1930 g/mol. The molecule has 14 nitrogen and oxygen atoms in total. The monoisotopic (exact) mass is 1930 g/mol. The lowest BCUT2D eigenvalue weighted by Gasteiger charge is -2.61. The summed E-state index contributed by atoms with van der Waals surface area (Å²) in [4.78, 5) is 4.22. The molecular weight excluding hydrogens is 1760 g/mol. The molecule has 0 amide bonds. The van der Waals surface area contributed by atoms with Crippen LogP contribution in [0.2, 0.25) is 0 Å². The van der Waals surface area contributed by atoms with Gasteiger partial charge in [0.1, 0.15) is 57.5 Å². The second kappa shape index (κ2) is 59.8. The number of ether oxygens (including phenoxy) is 8. The molecule has 8 atom stereocenters. The molecule has 0 aromatic heterocycles. The van der Waals surface area contributed by atoms with E-state index < -0.39 is 24.0 Å². The summed E-state index contributed by atoms with van der Waals surface area (Å²) in [6.07, 6.45) is 32.1. The molecule has 142 heavy (non-hydrogen) atoms. The normalized spacial score (nSPS) is 15.8. The van der Waals surface area contributed by atoms with Crippen LogP contribution in [0.25, 0.3) is 44.5 Å². The van der Waals surface area contributed by atoms with Crippen LogP contribution in [0, 0.1) is 47.3 Å². The third kappa shape index (κ3) is 30.9. The third-order valence-electron chi connectivity index (χ3n) is 30.4. The maximum atomic E-state index is 15.4. The Labute approximate surface area is 856 Å². The fourth-order valence-corrected chi connectivity index (χ4v) is 20.3. The number of hydrogen-bond acceptors (Lipinski definition) is 14. The van der Waals surface area contributed by atoms with E-state index in [1.54, 1.807) is 24.3 Å². The van der Waals surface area contributed by atoms with Crippen molar-refractivity contribution < 1.29 is 58.3 Å². The topological polar surface area (TPSA) is 167 Å². The molecule has 772 valence electrons. The van der Waals surface area contributed by atoms with Crippen molar-refractivity contribution >= 4 is 34.1 Å². The van der Waals surface area contributed by atoms with Crippen molar-refractivity contribution in [1.29, 1.82) is 0 Å². The van der Waals surface area contributed by atoms with Crippen LogP contribution in [0.3, 0.4) is 0 Å². The lowest BCUT2D eigenvalue weighted by Crippen LogP contribution is -2.63. The minimum Gasteiger partial charge on any atom is -0.851 e. The fourth-order valence-electron chi connectivity index (χ4n) is 20.3. The molecule has 0 spiro atoms. The van der Waals surface area contributed by atoms with Gasteiger partial charge in [-0.2, -0.15) is 0 Å². The highest BCUT2D eigenvalue weighted by Gasteiger charge is 2.42. The predicted octanol–water partition coefficient (Wildman–Crippen LogP) is 34.8. The van der Waals surface area contributed by atoms with Crippen LogP contribution in [0.5, 0.6) is 57.5 Å². The first-order chi connectivity index (χ1) is 69.4. The van der Waals surface area contributed by atoms with Gasteiger partial charge in [-0.1, -0.05) is 350 Å². The van der Waals surface area contributed by atoms with Crippen LogP contribution in [0.4, 0.5) is 34.1 Å². The van der Waals surface area contributed by atoms with E-state index >= 15 is 10.2 Å². The molecule has 14 heteroatoms. The Balaban J connectivity index is 0.981. The van der Waals surface area contributed by atoms with Gasteiger partial charge in [0.25, 0.3) is 0 Å². The number of phenolic OH excluding ortho intramolecular Hbond substituents is 2. The first-order valence-corrected chi connectivity index (χ1v) is 56.0. The molecular formula is C128H176N2O12-2. The summed E-state index contributed by atoms with van der Waals surface area (Å²) in [5, 5.41) is 56.3. The quantitative estimate of drug-likeness (QED) is 0.0370. The van der Waals surface area contributed by atoms with Crippen molar-refractivity contribution in [2.24, 2.45) is 47.3 Å². The first-order valence-electron chi connectivity index (χ1n) is 56.0. The zero-order valence-electron chi connectivity index (χ0n) is 89.7. The van der Waals surface area contributed by atoms with Crippen LogP contribution in [0.1, 0.15) is 339 Å². The highest BCUT2D eigenvalue weighted by atomic mass is 16.5. The molecule has 8 unspecified atom stereocenters. The minimum absolute atomic E-state index is 0.171. The molecule has 0 aliphatic heterocycles. The SMILES string of the molecule is CCCCC(CC)COc1cccc(OCC(CC)CCCC)c1-c1ccc(N(c2ccc(-c3c(OCC(CC)CCCC)cccc3OCC(CC)CCCC)cc2)c2ccc(C3C([O-])C(c4ccc(N(c5ccc(-c6c(OCC(CC)CCCC)cccc6OCC(CC)CCCC)cc5)c5ccc(-c6c(OCC(CC)CCCC)cccc6OCC(CC)CCCC)cc5)cc4O)C3[O-])c(O)c2)cc1. The Morgan fingerprint density at radius 2 is 0.387 bits per heavy atom. The smallest absolute Gasteiger partial charge is 0.130 e. The molecule has 0 bridgehead atoms. The molecule has 1 saturated carbocycles. The second-order valence-corrected chi connectivity index (χ2v) is 40.7. The number of phenols is 2. The van der Waals surface area contributed by atoms with E-state index in [1.165, 1.54) is 0 Å². The molecule has 0 radical (unpaired) electrons. The zero-order chi connectivity index (χ0) is 101. The summed E-state index contributed by atoms with van der Waals surface area (Å²) in [5.74, 6) is 6.88. The van der Waals surface area contributed by atoms with Crippen LogP contribution in [0.15, 0.2) is 206 Å². The van der Waals surface area contributed by atoms with E-state index in [-0.39, 0.29) is 22.6 Å². The molecule has 2 N–H and O–H groups in total. The molecule has 1 aliphatic carbocycles. The van der Waals surface area contributed by atoms with Gasteiger partial charge in [0.2, 0.25) is 0 Å². The van der Waals surface area contributed by atoms with E-state index in [0.717, 1.165) is 319 Å². The van der Waals surface area contributed by atoms with Gasteiger partial charge < -0.3 is 68.1 Å². The average Bonchev–Trinajstić information content (AvgIpc) is 0.731. The summed E-state index contributed by atoms with van der Waals surface area (Å²) >= 11 is 0. The molecule has 0 heterocycles. The van der Waals surface area contributed by atoms with Crippen LogP contribution < -0.4 is 57.9 Å². The van der Waals surface area contributed by atoms with Crippen molar-refractivity contribution in [3.63, 3.8) is 0 Å². The highest BCUT2D eigenvalue weighted by Crippen LogP contribution is 2.54. The van der Waals surface area contributed by atoms with Gasteiger partial charge in [-0.25, -0.2) is 0 Å². The van der Waals surface area contributed by atoms with Gasteiger partial charge in [0.05, 0.1) is 75.1 Å². The number of aromatic hydroxyl groups is 2. The standard InChI is InChI=1S/C128H176N2O12/c1-17-33-45-91(25-9)83-135-113-53-41-54-114(136-84-92(26-10)46-34-18-2)121(113)99-61-69-103(70-62-99)129(104-71-63-100(64-72-104)122-115(137-85-93(27-11)47-35-19-3)55-42-56-116(122)138-86-94(28-12)48-36-20-4)107-77-79-109(111(131)81-107)125-127(133)126(128(125)134)110-80-78-108(82-112(110)132)130(105-73-65-101(66-74-105)123-117(139-87-95(29-13)49-37-21-5)57-43-58-118(123)140-88-96(30-14)50-38-22-6)106-75-67-102(68-76-106)124-119(141-89-97(31-15)51-39-23-7)59-44-60-120(124)142-90-98(32-16)52-40-24-8/h41-44,53-82,91-98,125-128,131-132H,17-40,45-52,83-90H2,1-16H3/q-2. The second-order valence-electron chi connectivity index (χ2n) is 40.7. The van der Waals surface area contributed by atoms with Crippen molar-refractivity contribution in [2.75, 3.05) is 62.7 Å². The Hall–Kier alpha value is -10.3. The highest BCUT2D eigenvalue weighted by molar-refractivity contribution is 5.87. The van der Waals surface area contributed by atoms with Gasteiger partial charge >= 0.3 is 0 Å². The van der Waals surface area contributed by atoms with E-state index in [1.807, 2.05) is 36.4 Å². The summed E-state index contributed by atoms with van der Waals surface area (Å²) in [6, 6.07) is 69.4. The predicted molar refractivity (Wildman–Crippen MR) is 591 cm³/mol. The minimum atomic E-state index is -1.52. The summed E-state index contributed by atoms with van der Waals surface area (Å²) in [6.45, 7) is 40.8. The lowest BCUT2D eigenvalue weighted by atomic mass is 9.63. The summed E-state index contributed by atoms with van der Waals surface area (Å²) < 4.78 is 55.3. The maximum absolute atomic E-state index is 15.4. The van der Waals surface area contributed by atoms with Gasteiger partial charge in [0.15, 0.2) is 0 Å². The van der Waals surface area contributed by atoms with E-state index in [2.05, 4.69) is 266 Å². The number of hydrogen-bond donors (Lipinski definition) is 2. The van der Waals surface area contributed by atoms with Gasteiger partial charge in [0, 0.05) is 46.3 Å². The van der Waals surface area contributed by atoms with E-state index in [0.29, 0.717) is 112 Å². The Kier molecular flexibility index (Phi) is 47.2. The van der Waals surface area contributed by atoms with E-state index in [9.17, 15) is 10.2 Å². The van der Waals surface area contributed by atoms with Crippen LogP contribution in [-0.4, -0.2) is 75.3 Å². The Bertz CT molecular complexity index is 4520. The number of nitrogens with zero attached hydrogens (tertiary/aromatic N) is 2. The molecule has 10 aromatic carbocycles. The number of rotatable bonds is 68. The van der Waals surface area contributed by atoms with Gasteiger partial charge in [-0.3, -0.25) is 0 Å². The first kappa shape index (κ1) is 112. The molecule has 1 fully saturated rings. The lowest BCUT2D eigenvalue weighted by molar-refractivity contribution is -0.536. The largest absolute Gasteiger partial charge is 0.851 e. The molecule has 11 rings (SSSR count). The van der Waals surface area contributed by atoms with Crippen molar-refractivity contribution in [3.05, 3.63) is 217 Å². The van der Waals surface area contributed by atoms with E-state index in [4.69, 9.17) is 37.9 Å².